The maximum Gasteiger partial charge on any atom is 0.332 e. The van der Waals surface area contributed by atoms with Crippen molar-refractivity contribution in [3.05, 3.63) is 26.7 Å². The van der Waals surface area contributed by atoms with Crippen molar-refractivity contribution in [2.75, 3.05) is 0 Å². The number of carbonyl (C=O) groups is 1. The van der Waals surface area contributed by atoms with Crippen LogP contribution in [0.25, 0.3) is 11.0 Å². The number of hydrogen-bond donors (Lipinski definition) is 1. The first-order valence-corrected chi connectivity index (χ1v) is 8.60. The standard InChI is InChI=1S/C15H18N4O4S/c1-4-8(14(21)22)24-12-9-11(16-10(17-12)7-5-6-7)18(2)15(23)19(3)13(9)20/h7-8H,4-6H2,1-3H3,(H,21,22). The molecular weight excluding hydrogens is 332 g/mol. The van der Waals surface area contributed by atoms with Gasteiger partial charge in [-0.05, 0) is 19.3 Å². The maximum absolute atomic E-state index is 12.6. The van der Waals surface area contributed by atoms with Crippen molar-refractivity contribution in [2.45, 2.75) is 42.4 Å². The first kappa shape index (κ1) is 16.7. The summed E-state index contributed by atoms with van der Waals surface area (Å²) in [5.41, 5.74) is -0.699. The molecule has 8 nitrogen and oxygen atoms in total. The number of hydrogen-bond acceptors (Lipinski definition) is 6. The Balaban J connectivity index is 2.31. The van der Waals surface area contributed by atoms with E-state index in [1.807, 2.05) is 0 Å². The van der Waals surface area contributed by atoms with Crippen LogP contribution in [0.2, 0.25) is 0 Å². The van der Waals surface area contributed by atoms with Gasteiger partial charge in [0, 0.05) is 20.0 Å². The summed E-state index contributed by atoms with van der Waals surface area (Å²) >= 11 is 1.04. The van der Waals surface area contributed by atoms with Gasteiger partial charge in [0.2, 0.25) is 0 Å². The molecule has 0 bridgehead atoms. The van der Waals surface area contributed by atoms with Crippen LogP contribution in [0.4, 0.5) is 0 Å². The van der Waals surface area contributed by atoms with Gasteiger partial charge in [-0.25, -0.2) is 14.8 Å². The first-order chi connectivity index (χ1) is 11.3. The molecule has 9 heteroatoms. The van der Waals surface area contributed by atoms with E-state index in [1.165, 1.54) is 11.6 Å². The van der Waals surface area contributed by atoms with Crippen molar-refractivity contribution in [2.24, 2.45) is 14.1 Å². The number of fused-ring (bicyclic) bond motifs is 1. The third-order valence-corrected chi connectivity index (χ3v) is 5.46. The van der Waals surface area contributed by atoms with Gasteiger partial charge in [0.15, 0.2) is 5.65 Å². The SMILES string of the molecule is CCC(Sc1nc(C2CC2)nc2c1c(=O)n(C)c(=O)n2C)C(=O)O. The van der Waals surface area contributed by atoms with Crippen LogP contribution in [0.5, 0.6) is 0 Å². The normalized spacial score (nSPS) is 15.6. The topological polar surface area (TPSA) is 107 Å². The van der Waals surface area contributed by atoms with Crippen LogP contribution in [0.3, 0.4) is 0 Å². The molecule has 1 fully saturated rings. The Bertz CT molecular complexity index is 945. The molecule has 3 rings (SSSR count). The molecule has 0 radical (unpaired) electrons. The summed E-state index contributed by atoms with van der Waals surface area (Å²) < 4.78 is 2.31. The van der Waals surface area contributed by atoms with Crippen LogP contribution >= 0.6 is 11.8 Å². The highest BCUT2D eigenvalue weighted by atomic mass is 32.2. The molecule has 0 spiro atoms. The molecule has 24 heavy (non-hydrogen) atoms. The minimum atomic E-state index is -0.955. The van der Waals surface area contributed by atoms with Crippen LogP contribution in [-0.2, 0) is 18.9 Å². The smallest absolute Gasteiger partial charge is 0.332 e. The lowest BCUT2D eigenvalue weighted by molar-refractivity contribution is -0.136. The molecule has 0 saturated heterocycles. The molecule has 2 aromatic rings. The fraction of sp³-hybridized carbons (Fsp3) is 0.533. The number of aliphatic carboxylic acids is 1. The van der Waals surface area contributed by atoms with Gasteiger partial charge in [-0.1, -0.05) is 18.7 Å². The van der Waals surface area contributed by atoms with Crippen molar-refractivity contribution in [3.63, 3.8) is 0 Å². The summed E-state index contributed by atoms with van der Waals surface area (Å²) in [6, 6.07) is 0. The van der Waals surface area contributed by atoms with Crippen LogP contribution in [0.15, 0.2) is 14.6 Å². The Morgan fingerprint density at radius 2 is 1.96 bits per heavy atom. The lowest BCUT2D eigenvalue weighted by Gasteiger charge is -2.14. The number of thioether (sulfide) groups is 1. The van der Waals surface area contributed by atoms with E-state index in [2.05, 4.69) is 9.97 Å². The molecule has 1 atom stereocenters. The van der Waals surface area contributed by atoms with E-state index in [4.69, 9.17) is 0 Å². The molecule has 128 valence electrons. The Labute approximate surface area is 141 Å². The van der Waals surface area contributed by atoms with Gasteiger partial charge in [0.05, 0.1) is 0 Å². The monoisotopic (exact) mass is 350 g/mol. The van der Waals surface area contributed by atoms with E-state index in [0.717, 1.165) is 29.2 Å². The van der Waals surface area contributed by atoms with Gasteiger partial charge in [0.1, 0.15) is 21.5 Å². The molecule has 0 aromatic carbocycles. The molecular formula is C15H18N4O4S. The molecule has 1 unspecified atom stereocenters. The van der Waals surface area contributed by atoms with Gasteiger partial charge >= 0.3 is 11.7 Å². The molecule has 2 heterocycles. The summed E-state index contributed by atoms with van der Waals surface area (Å²) in [6.45, 7) is 1.77. The molecule has 0 aliphatic heterocycles. The zero-order valence-electron chi connectivity index (χ0n) is 13.6. The second kappa shape index (κ2) is 6.04. The van der Waals surface area contributed by atoms with E-state index < -0.39 is 22.5 Å². The van der Waals surface area contributed by atoms with Crippen molar-refractivity contribution in [1.29, 1.82) is 0 Å². The van der Waals surface area contributed by atoms with E-state index in [9.17, 15) is 19.5 Å². The highest BCUT2D eigenvalue weighted by Crippen LogP contribution is 2.39. The minimum absolute atomic E-state index is 0.203. The Morgan fingerprint density at radius 1 is 1.29 bits per heavy atom. The molecule has 0 amide bonds. The maximum atomic E-state index is 12.6. The predicted octanol–water partition coefficient (Wildman–Crippen LogP) is 0.860. The van der Waals surface area contributed by atoms with Crippen molar-refractivity contribution >= 4 is 28.8 Å². The molecule has 1 N–H and O–H groups in total. The minimum Gasteiger partial charge on any atom is -0.480 e. The summed E-state index contributed by atoms with van der Waals surface area (Å²) in [4.78, 5) is 45.0. The van der Waals surface area contributed by atoms with Gasteiger partial charge < -0.3 is 5.11 Å². The third kappa shape index (κ3) is 2.72. The predicted molar refractivity (Wildman–Crippen MR) is 89.6 cm³/mol. The fourth-order valence-electron chi connectivity index (χ4n) is 2.50. The molecule has 1 aliphatic carbocycles. The number of carboxylic acids is 1. The van der Waals surface area contributed by atoms with E-state index in [-0.39, 0.29) is 17.0 Å². The fourth-order valence-corrected chi connectivity index (χ4v) is 3.48. The van der Waals surface area contributed by atoms with Gasteiger partial charge in [0.25, 0.3) is 5.56 Å². The summed E-state index contributed by atoms with van der Waals surface area (Å²) in [5, 5.41) is 9.15. The van der Waals surface area contributed by atoms with E-state index in [0.29, 0.717) is 17.3 Å². The average molecular weight is 350 g/mol. The second-order valence-corrected chi connectivity index (χ2v) is 7.11. The Hall–Kier alpha value is -2.16. The largest absolute Gasteiger partial charge is 0.480 e. The molecule has 2 aromatic heterocycles. The van der Waals surface area contributed by atoms with E-state index in [1.54, 1.807) is 14.0 Å². The number of aryl methyl sites for hydroxylation is 1. The molecule has 1 saturated carbocycles. The molecule has 1 aliphatic rings. The number of carboxylic acid groups (broad SMARTS) is 1. The Kier molecular flexibility index (Phi) is 4.20. The van der Waals surface area contributed by atoms with Gasteiger partial charge in [-0.2, -0.15) is 0 Å². The summed E-state index contributed by atoms with van der Waals surface area (Å²) in [7, 11) is 2.94. The zero-order chi connectivity index (χ0) is 17.6. The third-order valence-electron chi connectivity index (χ3n) is 4.13. The number of rotatable bonds is 5. The highest BCUT2D eigenvalue weighted by Gasteiger charge is 2.30. The van der Waals surface area contributed by atoms with Crippen LogP contribution in [0, 0.1) is 0 Å². The van der Waals surface area contributed by atoms with Crippen LogP contribution < -0.4 is 11.2 Å². The van der Waals surface area contributed by atoms with Crippen LogP contribution in [-0.4, -0.2) is 35.4 Å². The summed E-state index contributed by atoms with van der Waals surface area (Å²) in [6.07, 6.45) is 2.32. The second-order valence-electron chi connectivity index (χ2n) is 5.92. The zero-order valence-corrected chi connectivity index (χ0v) is 14.5. The van der Waals surface area contributed by atoms with Crippen LogP contribution in [0.1, 0.15) is 37.9 Å². The van der Waals surface area contributed by atoms with E-state index >= 15 is 0 Å². The van der Waals surface area contributed by atoms with Crippen molar-refractivity contribution in [3.8, 4) is 0 Å². The number of aromatic nitrogens is 4. The van der Waals surface area contributed by atoms with Gasteiger partial charge in [-0.3, -0.25) is 18.7 Å². The first-order valence-electron chi connectivity index (χ1n) is 7.72. The lowest BCUT2D eigenvalue weighted by atomic mass is 10.3. The van der Waals surface area contributed by atoms with Crippen molar-refractivity contribution in [1.82, 2.24) is 19.1 Å². The highest BCUT2D eigenvalue weighted by molar-refractivity contribution is 8.00. The van der Waals surface area contributed by atoms with Crippen molar-refractivity contribution < 1.29 is 9.90 Å². The summed E-state index contributed by atoms with van der Waals surface area (Å²) in [5.74, 6) is -0.157. The number of nitrogens with zero attached hydrogens (tertiary/aromatic N) is 4. The quantitative estimate of drug-likeness (QED) is 0.629. The average Bonchev–Trinajstić information content (AvgIpc) is 3.39. The van der Waals surface area contributed by atoms with Gasteiger partial charge in [-0.15, -0.1) is 0 Å². The lowest BCUT2D eigenvalue weighted by Crippen LogP contribution is -2.38. The Morgan fingerprint density at radius 3 is 2.50 bits per heavy atom.